The molecule has 1 heterocycles. The van der Waals surface area contributed by atoms with Crippen molar-refractivity contribution in [2.24, 2.45) is 0 Å². The fourth-order valence-electron chi connectivity index (χ4n) is 1.58. The summed E-state index contributed by atoms with van der Waals surface area (Å²) in [5.41, 5.74) is 0.966. The predicted octanol–water partition coefficient (Wildman–Crippen LogP) is 2.51. The van der Waals surface area contributed by atoms with Gasteiger partial charge in [0.15, 0.2) is 5.82 Å². The molecule has 2 rings (SSSR count). The minimum atomic E-state index is -1.06. The Balaban J connectivity index is 2.46. The molecule has 0 aliphatic heterocycles. The summed E-state index contributed by atoms with van der Waals surface area (Å²) in [6.45, 7) is 0. The topological polar surface area (TPSA) is 50.2 Å². The fraction of sp³-hybridized carbons (Fsp3) is 0.0769. The first-order valence-corrected chi connectivity index (χ1v) is 5.09. The van der Waals surface area contributed by atoms with Gasteiger partial charge in [0.05, 0.1) is 6.42 Å². The predicted molar refractivity (Wildman–Crippen MR) is 61.0 cm³/mol. The third kappa shape index (κ3) is 2.47. The van der Waals surface area contributed by atoms with Gasteiger partial charge >= 0.3 is 5.97 Å². The molecule has 0 aliphatic rings. The van der Waals surface area contributed by atoms with Crippen molar-refractivity contribution < 1.29 is 14.3 Å². The van der Waals surface area contributed by atoms with Crippen molar-refractivity contribution >= 4 is 5.97 Å². The number of nitrogens with zero attached hydrogens (tertiary/aromatic N) is 1. The second kappa shape index (κ2) is 4.74. The number of carboxylic acids is 1. The van der Waals surface area contributed by atoms with Gasteiger partial charge in [-0.1, -0.05) is 30.3 Å². The number of aliphatic carboxylic acids is 1. The molecule has 3 nitrogen and oxygen atoms in total. The van der Waals surface area contributed by atoms with Crippen molar-refractivity contribution in [1.82, 2.24) is 4.98 Å². The van der Waals surface area contributed by atoms with Gasteiger partial charge in [0.25, 0.3) is 0 Å². The number of aromatic nitrogens is 1. The van der Waals surface area contributed by atoms with E-state index in [4.69, 9.17) is 5.11 Å². The van der Waals surface area contributed by atoms with E-state index in [0.717, 1.165) is 0 Å². The molecule has 2 aromatic rings. The number of halogens is 1. The first-order chi connectivity index (χ1) is 8.18. The van der Waals surface area contributed by atoms with Crippen LogP contribution in [-0.4, -0.2) is 16.1 Å². The van der Waals surface area contributed by atoms with Gasteiger partial charge in [0, 0.05) is 17.3 Å². The second-order valence-corrected chi connectivity index (χ2v) is 3.57. The van der Waals surface area contributed by atoms with Gasteiger partial charge < -0.3 is 5.11 Å². The molecule has 0 unspecified atom stereocenters. The molecule has 86 valence electrons. The minimum Gasteiger partial charge on any atom is -0.481 e. The lowest BCUT2D eigenvalue weighted by Crippen LogP contribution is -2.04. The van der Waals surface area contributed by atoms with E-state index < -0.39 is 11.8 Å². The van der Waals surface area contributed by atoms with Gasteiger partial charge in [0.2, 0.25) is 0 Å². The molecule has 17 heavy (non-hydrogen) atoms. The van der Waals surface area contributed by atoms with Gasteiger partial charge in [-0.3, -0.25) is 9.78 Å². The zero-order valence-corrected chi connectivity index (χ0v) is 8.93. The Labute approximate surface area is 97.6 Å². The zero-order chi connectivity index (χ0) is 12.3. The summed E-state index contributed by atoms with van der Waals surface area (Å²) in [5.74, 6) is -1.63. The van der Waals surface area contributed by atoms with Crippen molar-refractivity contribution in [3.8, 4) is 11.3 Å². The van der Waals surface area contributed by atoms with E-state index >= 15 is 0 Å². The van der Waals surface area contributed by atoms with Gasteiger partial charge in [-0.15, -0.1) is 0 Å². The molecule has 1 N–H and O–H groups in total. The number of hydrogen-bond acceptors (Lipinski definition) is 2. The Hall–Kier alpha value is -2.23. The molecule has 0 radical (unpaired) electrons. The smallest absolute Gasteiger partial charge is 0.307 e. The van der Waals surface area contributed by atoms with E-state index in [9.17, 15) is 9.18 Å². The molecule has 0 fully saturated rings. The van der Waals surface area contributed by atoms with Gasteiger partial charge in [-0.25, -0.2) is 4.39 Å². The third-order valence-electron chi connectivity index (χ3n) is 2.36. The SMILES string of the molecule is O=C(O)Cc1ccnc(-c2ccccc2)c1F. The standard InChI is InChI=1S/C13H10FNO2/c14-12-10(8-11(16)17)6-7-15-13(12)9-4-2-1-3-5-9/h1-7H,8H2,(H,16,17). The second-order valence-electron chi connectivity index (χ2n) is 3.57. The maximum atomic E-state index is 14.0. The number of pyridine rings is 1. The monoisotopic (exact) mass is 231 g/mol. The van der Waals surface area contributed by atoms with Crippen LogP contribution in [0.2, 0.25) is 0 Å². The van der Waals surface area contributed by atoms with E-state index in [-0.39, 0.29) is 17.7 Å². The summed E-state index contributed by atoms with van der Waals surface area (Å²) in [6, 6.07) is 10.2. The fourth-order valence-corrected chi connectivity index (χ4v) is 1.58. The summed E-state index contributed by atoms with van der Waals surface area (Å²) < 4.78 is 14.0. The van der Waals surface area contributed by atoms with E-state index in [1.54, 1.807) is 24.3 Å². The Morgan fingerprint density at radius 3 is 2.59 bits per heavy atom. The summed E-state index contributed by atoms with van der Waals surface area (Å²) >= 11 is 0. The van der Waals surface area contributed by atoms with Gasteiger partial charge in [0.1, 0.15) is 5.69 Å². The van der Waals surface area contributed by atoms with Crippen molar-refractivity contribution in [1.29, 1.82) is 0 Å². The Kier molecular flexibility index (Phi) is 3.14. The van der Waals surface area contributed by atoms with Crippen molar-refractivity contribution in [3.05, 3.63) is 54.0 Å². The molecule has 0 atom stereocenters. The van der Waals surface area contributed by atoms with Crippen LogP contribution in [0.15, 0.2) is 42.6 Å². The Bertz CT molecular complexity index is 540. The molecule has 0 bridgehead atoms. The van der Waals surface area contributed by atoms with Crippen molar-refractivity contribution in [2.45, 2.75) is 6.42 Å². The van der Waals surface area contributed by atoms with Crippen LogP contribution in [0.5, 0.6) is 0 Å². The zero-order valence-electron chi connectivity index (χ0n) is 8.93. The van der Waals surface area contributed by atoms with E-state index in [2.05, 4.69) is 4.98 Å². The lowest BCUT2D eigenvalue weighted by molar-refractivity contribution is -0.136. The molecular formula is C13H10FNO2. The minimum absolute atomic E-state index is 0.145. The van der Waals surface area contributed by atoms with Crippen molar-refractivity contribution in [3.63, 3.8) is 0 Å². The number of carbonyl (C=O) groups is 1. The maximum Gasteiger partial charge on any atom is 0.307 e. The highest BCUT2D eigenvalue weighted by Gasteiger charge is 2.13. The molecule has 0 aliphatic carbocycles. The molecule has 1 aromatic carbocycles. The molecule has 0 amide bonds. The van der Waals surface area contributed by atoms with Crippen LogP contribution in [-0.2, 0) is 11.2 Å². The first kappa shape index (κ1) is 11.3. The Morgan fingerprint density at radius 1 is 1.24 bits per heavy atom. The highest BCUT2D eigenvalue weighted by Crippen LogP contribution is 2.22. The summed E-state index contributed by atoms with van der Waals surface area (Å²) in [6.07, 6.45) is 1.08. The molecule has 1 aromatic heterocycles. The quantitative estimate of drug-likeness (QED) is 0.883. The normalized spacial score (nSPS) is 10.2. The average Bonchev–Trinajstić information content (AvgIpc) is 2.32. The highest BCUT2D eigenvalue weighted by molar-refractivity contribution is 5.71. The number of hydrogen-bond donors (Lipinski definition) is 1. The number of rotatable bonds is 3. The molecule has 0 spiro atoms. The molecular weight excluding hydrogens is 221 g/mol. The molecule has 4 heteroatoms. The van der Waals surface area contributed by atoms with E-state index in [1.165, 1.54) is 12.3 Å². The van der Waals surface area contributed by atoms with E-state index in [1.807, 2.05) is 6.07 Å². The van der Waals surface area contributed by atoms with Gasteiger partial charge in [-0.2, -0.15) is 0 Å². The maximum absolute atomic E-state index is 14.0. The lowest BCUT2D eigenvalue weighted by atomic mass is 10.1. The highest BCUT2D eigenvalue weighted by atomic mass is 19.1. The summed E-state index contributed by atoms with van der Waals surface area (Å²) in [4.78, 5) is 14.5. The number of carboxylic acid groups (broad SMARTS) is 1. The lowest BCUT2D eigenvalue weighted by Gasteiger charge is -2.05. The molecule has 0 saturated carbocycles. The average molecular weight is 231 g/mol. The summed E-state index contributed by atoms with van der Waals surface area (Å²) in [5, 5.41) is 8.67. The van der Waals surface area contributed by atoms with Crippen LogP contribution in [0, 0.1) is 5.82 Å². The van der Waals surface area contributed by atoms with Crippen LogP contribution >= 0.6 is 0 Å². The van der Waals surface area contributed by atoms with Crippen molar-refractivity contribution in [2.75, 3.05) is 0 Å². The first-order valence-electron chi connectivity index (χ1n) is 5.09. The third-order valence-corrected chi connectivity index (χ3v) is 2.36. The number of benzene rings is 1. The summed E-state index contributed by atoms with van der Waals surface area (Å²) in [7, 11) is 0. The largest absolute Gasteiger partial charge is 0.481 e. The van der Waals surface area contributed by atoms with Crippen LogP contribution in [0.1, 0.15) is 5.56 Å². The Morgan fingerprint density at radius 2 is 1.94 bits per heavy atom. The van der Waals surface area contributed by atoms with Crippen LogP contribution < -0.4 is 0 Å². The van der Waals surface area contributed by atoms with Gasteiger partial charge in [-0.05, 0) is 6.07 Å². The van der Waals surface area contributed by atoms with Crippen LogP contribution in [0.3, 0.4) is 0 Å². The van der Waals surface area contributed by atoms with E-state index in [0.29, 0.717) is 5.56 Å². The van der Waals surface area contributed by atoms with Crippen LogP contribution in [0.25, 0.3) is 11.3 Å². The molecule has 0 saturated heterocycles. The van der Waals surface area contributed by atoms with Crippen LogP contribution in [0.4, 0.5) is 4.39 Å².